The van der Waals surface area contributed by atoms with E-state index in [1.54, 1.807) is 6.92 Å². The van der Waals surface area contributed by atoms with Gasteiger partial charge in [0.2, 0.25) is 0 Å². The summed E-state index contributed by atoms with van der Waals surface area (Å²) in [7, 11) is 2.62. The number of nitrogens with one attached hydrogen (secondary N) is 1. The first-order valence-electron chi connectivity index (χ1n) is 9.56. The van der Waals surface area contributed by atoms with Gasteiger partial charge in [-0.1, -0.05) is 30.3 Å². The van der Waals surface area contributed by atoms with Crippen molar-refractivity contribution in [2.75, 3.05) is 45.7 Å². The van der Waals surface area contributed by atoms with E-state index in [0.717, 1.165) is 44.1 Å². The minimum Gasteiger partial charge on any atom is -0.465 e. The van der Waals surface area contributed by atoms with Crippen LogP contribution >= 0.6 is 23.6 Å². The van der Waals surface area contributed by atoms with Crippen molar-refractivity contribution >= 4 is 45.6 Å². The number of piperazine rings is 1. The van der Waals surface area contributed by atoms with Crippen LogP contribution in [0.2, 0.25) is 0 Å². The lowest BCUT2D eigenvalue weighted by Gasteiger charge is -2.36. The molecule has 3 rings (SSSR count). The summed E-state index contributed by atoms with van der Waals surface area (Å²) in [5.74, 6) is -1.01. The maximum absolute atomic E-state index is 12.3. The molecule has 1 N–H and O–H groups in total. The Balaban J connectivity index is 1.66. The molecule has 1 fully saturated rings. The topological polar surface area (TPSA) is 71.1 Å². The van der Waals surface area contributed by atoms with Crippen LogP contribution in [0, 0.1) is 6.92 Å². The van der Waals surface area contributed by atoms with Gasteiger partial charge < -0.3 is 19.7 Å². The fourth-order valence-corrected chi connectivity index (χ4v) is 4.83. The summed E-state index contributed by atoms with van der Waals surface area (Å²) >= 11 is 6.73. The molecule has 160 valence electrons. The molecule has 9 heteroatoms. The number of thiocarbonyl (C=S) groups is 1. The number of nitrogens with zero attached hydrogens (tertiary/aromatic N) is 2. The summed E-state index contributed by atoms with van der Waals surface area (Å²) in [4.78, 5) is 29.1. The van der Waals surface area contributed by atoms with Crippen molar-refractivity contribution in [3.05, 3.63) is 51.9 Å². The number of rotatable bonds is 5. The number of esters is 2. The Bertz CT molecular complexity index is 922. The second-order valence-electron chi connectivity index (χ2n) is 6.92. The highest BCUT2D eigenvalue weighted by molar-refractivity contribution is 7.80. The van der Waals surface area contributed by atoms with Crippen LogP contribution in [-0.4, -0.2) is 67.2 Å². The Morgan fingerprint density at radius 2 is 1.70 bits per heavy atom. The fraction of sp³-hybridized carbons (Fsp3) is 0.381. The quantitative estimate of drug-likeness (QED) is 0.554. The normalized spacial score (nSPS) is 14.3. The molecule has 1 aliphatic heterocycles. The number of carbonyl (C=O) groups excluding carboxylic acids is 2. The van der Waals surface area contributed by atoms with Gasteiger partial charge in [-0.25, -0.2) is 9.59 Å². The highest BCUT2D eigenvalue weighted by Crippen LogP contribution is 2.34. The zero-order valence-corrected chi connectivity index (χ0v) is 18.9. The lowest BCUT2D eigenvalue weighted by atomic mass is 10.1. The van der Waals surface area contributed by atoms with E-state index in [9.17, 15) is 9.59 Å². The summed E-state index contributed by atoms with van der Waals surface area (Å²) in [6.07, 6.45) is 0. The van der Waals surface area contributed by atoms with Gasteiger partial charge in [0, 0.05) is 32.7 Å². The zero-order chi connectivity index (χ0) is 21.7. The summed E-state index contributed by atoms with van der Waals surface area (Å²) in [5, 5.41) is 4.17. The van der Waals surface area contributed by atoms with E-state index in [4.69, 9.17) is 21.7 Å². The second kappa shape index (κ2) is 10.0. The third-order valence-electron chi connectivity index (χ3n) is 5.04. The van der Waals surface area contributed by atoms with Crippen LogP contribution in [0.4, 0.5) is 5.00 Å². The molecule has 0 saturated carbocycles. The number of thiophene rings is 1. The first-order valence-corrected chi connectivity index (χ1v) is 10.8. The lowest BCUT2D eigenvalue weighted by molar-refractivity contribution is 0.0601. The second-order valence-corrected chi connectivity index (χ2v) is 8.33. The highest BCUT2D eigenvalue weighted by Gasteiger charge is 2.27. The molecule has 2 heterocycles. The van der Waals surface area contributed by atoms with Crippen molar-refractivity contribution in [1.29, 1.82) is 0 Å². The van der Waals surface area contributed by atoms with Gasteiger partial charge in [-0.3, -0.25) is 4.90 Å². The average Bonchev–Trinajstić information content (AvgIpc) is 3.09. The minimum absolute atomic E-state index is 0.313. The molecule has 0 spiro atoms. The average molecular weight is 448 g/mol. The number of ether oxygens (including phenoxy) is 2. The Morgan fingerprint density at radius 3 is 2.30 bits per heavy atom. The molecule has 0 unspecified atom stereocenters. The number of methoxy groups -OCH3 is 2. The zero-order valence-electron chi connectivity index (χ0n) is 17.3. The molecule has 7 nitrogen and oxygen atoms in total. The van der Waals surface area contributed by atoms with E-state index in [1.807, 2.05) is 6.07 Å². The Morgan fingerprint density at radius 1 is 1.07 bits per heavy atom. The minimum atomic E-state index is -0.517. The standard InChI is InChI=1S/C21H25N3O4S2/c1-14-16(19(25)27-2)18(30-17(14)20(26)28-3)22-21(29)24-11-9-23(10-12-24)13-15-7-5-4-6-8-15/h4-8H,9-13H2,1-3H3,(H,22,29). The van der Waals surface area contributed by atoms with E-state index in [2.05, 4.69) is 39.4 Å². The van der Waals surface area contributed by atoms with Gasteiger partial charge in [-0.05, 0) is 30.3 Å². The van der Waals surface area contributed by atoms with Gasteiger partial charge in [-0.2, -0.15) is 0 Å². The van der Waals surface area contributed by atoms with Crippen molar-refractivity contribution in [3.63, 3.8) is 0 Å². The molecule has 0 radical (unpaired) electrons. The van der Waals surface area contributed by atoms with Gasteiger partial charge in [0.15, 0.2) is 5.11 Å². The van der Waals surface area contributed by atoms with Gasteiger partial charge in [0.1, 0.15) is 9.88 Å². The number of benzene rings is 1. The molecule has 30 heavy (non-hydrogen) atoms. The molecule has 0 bridgehead atoms. The molecule has 2 aromatic rings. The fourth-order valence-electron chi connectivity index (χ4n) is 3.36. The van der Waals surface area contributed by atoms with Gasteiger partial charge in [-0.15, -0.1) is 11.3 Å². The number of anilines is 1. The van der Waals surface area contributed by atoms with Crippen molar-refractivity contribution in [2.24, 2.45) is 0 Å². The van der Waals surface area contributed by atoms with Crippen LogP contribution in [0.3, 0.4) is 0 Å². The van der Waals surface area contributed by atoms with Crippen molar-refractivity contribution in [3.8, 4) is 0 Å². The molecule has 0 aliphatic carbocycles. The monoisotopic (exact) mass is 447 g/mol. The third-order valence-corrected chi connectivity index (χ3v) is 6.58. The van der Waals surface area contributed by atoms with E-state index < -0.39 is 11.9 Å². The maximum Gasteiger partial charge on any atom is 0.348 e. The van der Waals surface area contributed by atoms with Crippen LogP contribution in [0.5, 0.6) is 0 Å². The smallest absolute Gasteiger partial charge is 0.348 e. The number of hydrogen-bond donors (Lipinski definition) is 1. The molecule has 1 saturated heterocycles. The predicted octanol–water partition coefficient (Wildman–Crippen LogP) is 3.14. The molecular weight excluding hydrogens is 422 g/mol. The maximum atomic E-state index is 12.3. The van der Waals surface area contributed by atoms with E-state index in [1.165, 1.54) is 19.8 Å². The van der Waals surface area contributed by atoms with Crippen LogP contribution in [0.1, 0.15) is 31.2 Å². The van der Waals surface area contributed by atoms with Gasteiger partial charge >= 0.3 is 11.9 Å². The molecule has 0 atom stereocenters. The Labute approximate surface area is 185 Å². The third kappa shape index (κ3) is 4.97. The summed E-state index contributed by atoms with van der Waals surface area (Å²) in [6, 6.07) is 10.4. The number of carbonyl (C=O) groups is 2. The molecule has 1 aromatic carbocycles. The van der Waals surface area contributed by atoms with Crippen molar-refractivity contribution in [1.82, 2.24) is 9.80 Å². The predicted molar refractivity (Wildman–Crippen MR) is 121 cm³/mol. The summed E-state index contributed by atoms with van der Waals surface area (Å²) in [5.41, 5.74) is 2.13. The molecular formula is C21H25N3O4S2. The van der Waals surface area contributed by atoms with Gasteiger partial charge in [0.05, 0.1) is 19.8 Å². The Kier molecular flexibility index (Phi) is 7.41. The van der Waals surface area contributed by atoms with Crippen molar-refractivity contribution < 1.29 is 19.1 Å². The van der Waals surface area contributed by atoms with Crippen LogP contribution in [0.25, 0.3) is 0 Å². The summed E-state index contributed by atoms with van der Waals surface area (Å²) in [6.45, 7) is 5.94. The van der Waals surface area contributed by atoms with E-state index in [-0.39, 0.29) is 0 Å². The Hall–Kier alpha value is -2.49. The molecule has 1 aliphatic rings. The molecule has 0 amide bonds. The highest BCUT2D eigenvalue weighted by atomic mass is 32.1. The van der Waals surface area contributed by atoms with Crippen molar-refractivity contribution in [2.45, 2.75) is 13.5 Å². The van der Waals surface area contributed by atoms with E-state index >= 15 is 0 Å². The largest absolute Gasteiger partial charge is 0.465 e. The first-order chi connectivity index (χ1) is 14.4. The molecule has 1 aromatic heterocycles. The lowest BCUT2D eigenvalue weighted by Crippen LogP contribution is -2.49. The number of hydrogen-bond acceptors (Lipinski definition) is 7. The van der Waals surface area contributed by atoms with Crippen LogP contribution in [-0.2, 0) is 16.0 Å². The van der Waals surface area contributed by atoms with Gasteiger partial charge in [0.25, 0.3) is 0 Å². The SMILES string of the molecule is COC(=O)c1sc(NC(=S)N2CCN(Cc3ccccc3)CC2)c(C(=O)OC)c1C. The van der Waals surface area contributed by atoms with Crippen LogP contribution in [0.15, 0.2) is 30.3 Å². The van der Waals surface area contributed by atoms with Crippen LogP contribution < -0.4 is 5.32 Å². The summed E-state index contributed by atoms with van der Waals surface area (Å²) < 4.78 is 9.72. The van der Waals surface area contributed by atoms with E-state index in [0.29, 0.717) is 26.1 Å². The first kappa shape index (κ1) is 22.2.